The number of aliphatic hydroxyl groups is 1. The van der Waals surface area contributed by atoms with Gasteiger partial charge in [-0.1, -0.05) is 36.4 Å². The van der Waals surface area contributed by atoms with Crippen LogP contribution in [0.25, 0.3) is 11.0 Å². The molecular formula is C22H25NO3. The van der Waals surface area contributed by atoms with E-state index in [1.807, 2.05) is 57.3 Å². The number of hydrogen-bond acceptors (Lipinski definition) is 4. The lowest BCUT2D eigenvalue weighted by Gasteiger charge is -2.20. The van der Waals surface area contributed by atoms with Crippen LogP contribution in [0.3, 0.4) is 0 Å². The Hall–Kier alpha value is -2.43. The molecule has 0 saturated carbocycles. The Labute approximate surface area is 153 Å². The van der Waals surface area contributed by atoms with Crippen LogP contribution in [-0.4, -0.2) is 23.6 Å². The fourth-order valence-electron chi connectivity index (χ4n) is 3.36. The van der Waals surface area contributed by atoms with Gasteiger partial charge in [0.2, 0.25) is 0 Å². The average Bonchev–Trinajstić information content (AvgIpc) is 2.61. The predicted octanol–water partition coefficient (Wildman–Crippen LogP) is 3.97. The second kappa shape index (κ2) is 7.85. The van der Waals surface area contributed by atoms with Crippen LogP contribution in [0.5, 0.6) is 0 Å². The molecule has 2 aromatic carbocycles. The molecule has 0 spiro atoms. The third-order valence-electron chi connectivity index (χ3n) is 4.67. The van der Waals surface area contributed by atoms with Crippen molar-refractivity contribution in [1.29, 1.82) is 0 Å². The van der Waals surface area contributed by atoms with Gasteiger partial charge in [0.15, 0.2) is 0 Å². The van der Waals surface area contributed by atoms with Crippen molar-refractivity contribution in [3.05, 3.63) is 81.2 Å². The Morgan fingerprint density at radius 2 is 1.85 bits per heavy atom. The van der Waals surface area contributed by atoms with Crippen LogP contribution in [0.4, 0.5) is 0 Å². The molecule has 4 nitrogen and oxygen atoms in total. The highest BCUT2D eigenvalue weighted by Crippen LogP contribution is 2.24. The van der Waals surface area contributed by atoms with Crippen LogP contribution in [0.2, 0.25) is 0 Å². The van der Waals surface area contributed by atoms with E-state index in [1.54, 1.807) is 6.07 Å². The monoisotopic (exact) mass is 351 g/mol. The Kier molecular flexibility index (Phi) is 5.55. The maximum atomic E-state index is 11.9. The standard InChI is InChI=1S/C22H25NO3/c1-15-11-16(2)22-19(12-15)18(13-21(25)26-22)14-23(3)10-9-20(24)17-7-5-4-6-8-17/h4-8,11-13,20,24H,9-10,14H2,1-3H3/t20-/m1/s1. The molecule has 0 radical (unpaired) electrons. The van der Waals surface area contributed by atoms with Gasteiger partial charge in [0, 0.05) is 24.5 Å². The molecule has 0 aliphatic rings. The third-order valence-corrected chi connectivity index (χ3v) is 4.67. The highest BCUT2D eigenvalue weighted by Gasteiger charge is 2.13. The summed E-state index contributed by atoms with van der Waals surface area (Å²) in [5.41, 5.74) is 4.35. The van der Waals surface area contributed by atoms with Crippen molar-refractivity contribution in [2.75, 3.05) is 13.6 Å². The van der Waals surface area contributed by atoms with Crippen LogP contribution >= 0.6 is 0 Å². The molecule has 1 N–H and O–H groups in total. The van der Waals surface area contributed by atoms with Crippen molar-refractivity contribution < 1.29 is 9.52 Å². The Balaban J connectivity index is 1.75. The molecule has 0 fully saturated rings. The van der Waals surface area contributed by atoms with E-state index in [0.29, 0.717) is 18.5 Å². The van der Waals surface area contributed by atoms with Gasteiger partial charge in [-0.2, -0.15) is 0 Å². The lowest BCUT2D eigenvalue weighted by molar-refractivity contribution is 0.147. The highest BCUT2D eigenvalue weighted by atomic mass is 16.4. The van der Waals surface area contributed by atoms with Gasteiger partial charge in [0.1, 0.15) is 5.58 Å². The van der Waals surface area contributed by atoms with E-state index < -0.39 is 6.10 Å². The van der Waals surface area contributed by atoms with Crippen molar-refractivity contribution in [2.24, 2.45) is 0 Å². The largest absolute Gasteiger partial charge is 0.422 e. The summed E-state index contributed by atoms with van der Waals surface area (Å²) in [6.45, 7) is 5.36. The maximum absolute atomic E-state index is 11.9. The zero-order chi connectivity index (χ0) is 18.7. The van der Waals surface area contributed by atoms with Gasteiger partial charge in [0.05, 0.1) is 6.10 Å². The Morgan fingerprint density at radius 3 is 2.58 bits per heavy atom. The van der Waals surface area contributed by atoms with E-state index in [9.17, 15) is 9.90 Å². The lowest BCUT2D eigenvalue weighted by atomic mass is 10.0. The lowest BCUT2D eigenvalue weighted by Crippen LogP contribution is -2.22. The maximum Gasteiger partial charge on any atom is 0.336 e. The van der Waals surface area contributed by atoms with Crippen LogP contribution < -0.4 is 5.63 Å². The van der Waals surface area contributed by atoms with Crippen molar-refractivity contribution in [2.45, 2.75) is 32.9 Å². The summed E-state index contributed by atoms with van der Waals surface area (Å²) in [7, 11) is 2.00. The topological polar surface area (TPSA) is 53.7 Å². The van der Waals surface area contributed by atoms with Crippen molar-refractivity contribution in [1.82, 2.24) is 4.90 Å². The summed E-state index contributed by atoms with van der Waals surface area (Å²) in [6.07, 6.45) is 0.151. The van der Waals surface area contributed by atoms with Gasteiger partial charge in [-0.3, -0.25) is 0 Å². The summed E-state index contributed by atoms with van der Waals surface area (Å²) >= 11 is 0. The third kappa shape index (κ3) is 4.21. The summed E-state index contributed by atoms with van der Waals surface area (Å²) < 4.78 is 5.41. The molecule has 0 bridgehead atoms. The summed E-state index contributed by atoms with van der Waals surface area (Å²) in [5.74, 6) is 0. The minimum absolute atomic E-state index is 0.322. The van der Waals surface area contributed by atoms with Crippen molar-refractivity contribution >= 4 is 11.0 Å². The molecular weight excluding hydrogens is 326 g/mol. The molecule has 0 aliphatic carbocycles. The number of aryl methyl sites for hydroxylation is 2. The molecule has 0 amide bonds. The molecule has 0 unspecified atom stereocenters. The quantitative estimate of drug-likeness (QED) is 0.683. The van der Waals surface area contributed by atoms with Crippen LogP contribution in [-0.2, 0) is 6.54 Å². The van der Waals surface area contributed by atoms with Gasteiger partial charge in [-0.25, -0.2) is 4.79 Å². The summed E-state index contributed by atoms with van der Waals surface area (Å²) in [5, 5.41) is 11.3. The van der Waals surface area contributed by atoms with E-state index in [4.69, 9.17) is 4.42 Å². The first kappa shape index (κ1) is 18.4. The molecule has 26 heavy (non-hydrogen) atoms. The summed E-state index contributed by atoms with van der Waals surface area (Å²) in [6, 6.07) is 15.3. The molecule has 4 heteroatoms. The molecule has 0 saturated heterocycles. The molecule has 3 rings (SSSR count). The van der Waals surface area contributed by atoms with Crippen molar-refractivity contribution in [3.8, 4) is 0 Å². The minimum Gasteiger partial charge on any atom is -0.422 e. The molecule has 0 aliphatic heterocycles. The fraction of sp³-hybridized carbons (Fsp3) is 0.318. The second-order valence-corrected chi connectivity index (χ2v) is 7.00. The second-order valence-electron chi connectivity index (χ2n) is 7.00. The number of benzene rings is 2. The summed E-state index contributed by atoms with van der Waals surface area (Å²) in [4.78, 5) is 14.1. The van der Waals surface area contributed by atoms with Gasteiger partial charge in [0.25, 0.3) is 0 Å². The average molecular weight is 351 g/mol. The predicted molar refractivity (Wildman–Crippen MR) is 104 cm³/mol. The molecule has 1 heterocycles. The SMILES string of the molecule is Cc1cc(C)c2oc(=O)cc(CN(C)CC[C@@H](O)c3ccccc3)c2c1. The van der Waals surface area contributed by atoms with E-state index >= 15 is 0 Å². The normalized spacial score (nSPS) is 12.7. The number of aliphatic hydroxyl groups excluding tert-OH is 1. The van der Waals surface area contributed by atoms with Gasteiger partial charge >= 0.3 is 5.63 Å². The van der Waals surface area contributed by atoms with E-state index in [1.165, 1.54) is 0 Å². The molecule has 136 valence electrons. The Bertz CT molecular complexity index is 947. The Morgan fingerprint density at radius 1 is 1.12 bits per heavy atom. The molecule has 1 aromatic heterocycles. The first-order valence-corrected chi connectivity index (χ1v) is 8.89. The van der Waals surface area contributed by atoms with Crippen molar-refractivity contribution in [3.63, 3.8) is 0 Å². The van der Waals surface area contributed by atoms with Gasteiger partial charge in [-0.05, 0) is 55.6 Å². The molecule has 1 atom stereocenters. The zero-order valence-electron chi connectivity index (χ0n) is 15.5. The van der Waals surface area contributed by atoms with Gasteiger partial charge < -0.3 is 14.4 Å². The molecule has 3 aromatic rings. The number of nitrogens with zero attached hydrogens (tertiary/aromatic N) is 1. The van der Waals surface area contributed by atoms with Crippen LogP contribution in [0.1, 0.15) is 34.8 Å². The van der Waals surface area contributed by atoms with Crippen LogP contribution in [0.15, 0.2) is 57.7 Å². The first-order valence-electron chi connectivity index (χ1n) is 8.89. The minimum atomic E-state index is -0.485. The van der Waals surface area contributed by atoms with Gasteiger partial charge in [-0.15, -0.1) is 0 Å². The van der Waals surface area contributed by atoms with E-state index in [0.717, 1.165) is 34.2 Å². The zero-order valence-corrected chi connectivity index (χ0v) is 15.5. The first-order chi connectivity index (χ1) is 12.4. The van der Waals surface area contributed by atoms with E-state index in [2.05, 4.69) is 11.0 Å². The smallest absolute Gasteiger partial charge is 0.336 e. The number of rotatable bonds is 6. The van der Waals surface area contributed by atoms with Crippen LogP contribution in [0, 0.1) is 13.8 Å². The number of hydrogen-bond donors (Lipinski definition) is 1. The van der Waals surface area contributed by atoms with E-state index in [-0.39, 0.29) is 5.63 Å². The highest BCUT2D eigenvalue weighted by molar-refractivity contribution is 5.83. The fourth-order valence-corrected chi connectivity index (χ4v) is 3.36. The number of fused-ring (bicyclic) bond motifs is 1.